The van der Waals surface area contributed by atoms with E-state index in [2.05, 4.69) is 59.7 Å². The van der Waals surface area contributed by atoms with Crippen LogP contribution in [-0.2, 0) is 6.42 Å². The summed E-state index contributed by atoms with van der Waals surface area (Å²) in [5.41, 5.74) is 4.90. The molecule has 0 unspecified atom stereocenters. The molecular weight excluding hydrogens is 380 g/mol. The van der Waals surface area contributed by atoms with E-state index in [0.717, 1.165) is 19.3 Å². The summed E-state index contributed by atoms with van der Waals surface area (Å²) in [4.78, 5) is 18.0. The molecule has 4 rings (SSSR count). The molecule has 3 aromatic rings. The average molecular weight is 405 g/mol. The van der Waals surface area contributed by atoms with Crippen molar-refractivity contribution in [3.8, 4) is 0 Å². The molecule has 0 amide bonds. The Hall–Kier alpha value is -2.79. The van der Waals surface area contributed by atoms with E-state index in [9.17, 15) is 9.90 Å². The SMILES string of the molecule is Cc1ccc(Sc2ccc3c(c2)CCC[C@H]3CNc2cnccc2C(=O)O)cc1. The molecule has 0 saturated carbocycles. The van der Waals surface area contributed by atoms with Crippen LogP contribution in [0.25, 0.3) is 0 Å². The quantitative estimate of drug-likeness (QED) is 0.546. The van der Waals surface area contributed by atoms with Crippen LogP contribution >= 0.6 is 11.8 Å². The van der Waals surface area contributed by atoms with Gasteiger partial charge in [-0.1, -0.05) is 35.5 Å². The number of nitrogens with zero attached hydrogens (tertiary/aromatic N) is 1. The van der Waals surface area contributed by atoms with Gasteiger partial charge in [0, 0.05) is 28.5 Å². The van der Waals surface area contributed by atoms with Crippen LogP contribution in [0.3, 0.4) is 0 Å². The lowest BCUT2D eigenvalue weighted by molar-refractivity contribution is 0.0698. The van der Waals surface area contributed by atoms with E-state index in [-0.39, 0.29) is 5.56 Å². The van der Waals surface area contributed by atoms with E-state index in [1.165, 1.54) is 38.7 Å². The number of nitrogens with one attached hydrogen (secondary N) is 1. The topological polar surface area (TPSA) is 62.2 Å². The summed E-state index contributed by atoms with van der Waals surface area (Å²) in [6, 6.07) is 16.9. The first kappa shape index (κ1) is 19.5. The van der Waals surface area contributed by atoms with Gasteiger partial charge < -0.3 is 10.4 Å². The highest BCUT2D eigenvalue weighted by atomic mass is 32.2. The first-order valence-electron chi connectivity index (χ1n) is 9.88. The molecule has 29 heavy (non-hydrogen) atoms. The maximum Gasteiger partial charge on any atom is 0.337 e. The molecule has 0 saturated heterocycles. The van der Waals surface area contributed by atoms with E-state index in [0.29, 0.717) is 18.2 Å². The number of pyridine rings is 1. The number of rotatable bonds is 6. The number of aromatic carboxylic acids is 1. The van der Waals surface area contributed by atoms with Crippen LogP contribution in [0.2, 0.25) is 0 Å². The van der Waals surface area contributed by atoms with Crippen LogP contribution in [0.15, 0.2) is 70.7 Å². The van der Waals surface area contributed by atoms with Crippen LogP contribution in [-0.4, -0.2) is 22.6 Å². The summed E-state index contributed by atoms with van der Waals surface area (Å²) in [6.45, 7) is 2.82. The van der Waals surface area contributed by atoms with E-state index >= 15 is 0 Å². The summed E-state index contributed by atoms with van der Waals surface area (Å²) in [5.74, 6) is -0.559. The van der Waals surface area contributed by atoms with Gasteiger partial charge >= 0.3 is 5.97 Å². The van der Waals surface area contributed by atoms with Crippen LogP contribution < -0.4 is 5.32 Å². The lowest BCUT2D eigenvalue weighted by Crippen LogP contribution is -2.19. The van der Waals surface area contributed by atoms with Crippen molar-refractivity contribution in [2.75, 3.05) is 11.9 Å². The number of fused-ring (bicyclic) bond motifs is 1. The van der Waals surface area contributed by atoms with Crippen molar-refractivity contribution in [2.24, 2.45) is 0 Å². The Morgan fingerprint density at radius 1 is 1.17 bits per heavy atom. The van der Waals surface area contributed by atoms with E-state index < -0.39 is 5.97 Å². The number of carboxylic acid groups (broad SMARTS) is 1. The van der Waals surface area contributed by atoms with Gasteiger partial charge in [-0.15, -0.1) is 0 Å². The second-order valence-corrected chi connectivity index (χ2v) is 8.62. The van der Waals surface area contributed by atoms with Gasteiger partial charge in [0.05, 0.1) is 17.4 Å². The van der Waals surface area contributed by atoms with Crippen molar-refractivity contribution in [3.05, 3.63) is 83.2 Å². The van der Waals surface area contributed by atoms with Crippen molar-refractivity contribution in [1.82, 2.24) is 4.98 Å². The molecule has 1 aliphatic rings. The van der Waals surface area contributed by atoms with Crippen molar-refractivity contribution in [3.63, 3.8) is 0 Å². The predicted octanol–water partition coefficient (Wildman–Crippen LogP) is 5.77. The third kappa shape index (κ3) is 4.62. The molecule has 0 aliphatic heterocycles. The molecule has 1 aromatic heterocycles. The molecule has 0 bridgehead atoms. The molecular formula is C24H24N2O2S. The minimum atomic E-state index is -0.934. The van der Waals surface area contributed by atoms with Gasteiger partial charge in [-0.2, -0.15) is 0 Å². The largest absolute Gasteiger partial charge is 0.478 e. The Bertz CT molecular complexity index is 1020. The monoisotopic (exact) mass is 404 g/mol. The van der Waals surface area contributed by atoms with Gasteiger partial charge in [-0.05, 0) is 67.6 Å². The molecule has 148 valence electrons. The Labute approximate surface area is 175 Å². The third-order valence-corrected chi connectivity index (χ3v) is 6.40. The summed E-state index contributed by atoms with van der Waals surface area (Å²) in [5, 5.41) is 12.7. The standard InChI is InChI=1S/C24H24N2O2S/c1-16-5-7-19(8-6-16)29-20-9-10-21-17(13-20)3-2-4-18(21)14-26-23-15-25-12-11-22(23)24(27)28/h5-13,15,18,26H,2-4,14H2,1H3,(H,27,28)/t18-/m0/s1. The highest BCUT2D eigenvalue weighted by molar-refractivity contribution is 7.99. The van der Waals surface area contributed by atoms with Crippen molar-refractivity contribution >= 4 is 23.4 Å². The second-order valence-electron chi connectivity index (χ2n) is 7.47. The summed E-state index contributed by atoms with van der Waals surface area (Å²) in [7, 11) is 0. The van der Waals surface area contributed by atoms with E-state index in [4.69, 9.17) is 0 Å². The predicted molar refractivity (Wildman–Crippen MR) is 117 cm³/mol. The van der Waals surface area contributed by atoms with Crippen molar-refractivity contribution < 1.29 is 9.90 Å². The van der Waals surface area contributed by atoms with Crippen molar-refractivity contribution in [1.29, 1.82) is 0 Å². The van der Waals surface area contributed by atoms with E-state index in [1.807, 2.05) is 0 Å². The minimum Gasteiger partial charge on any atom is -0.478 e. The second kappa shape index (κ2) is 8.70. The first-order chi connectivity index (χ1) is 14.1. The Morgan fingerprint density at radius 2 is 1.97 bits per heavy atom. The number of aryl methyl sites for hydroxylation is 2. The maximum absolute atomic E-state index is 11.4. The van der Waals surface area contributed by atoms with Crippen LogP contribution in [0.5, 0.6) is 0 Å². The average Bonchev–Trinajstić information content (AvgIpc) is 2.74. The van der Waals surface area contributed by atoms with E-state index in [1.54, 1.807) is 18.0 Å². The molecule has 0 spiro atoms. The van der Waals surface area contributed by atoms with Gasteiger partial charge in [-0.3, -0.25) is 4.98 Å². The summed E-state index contributed by atoms with van der Waals surface area (Å²) in [6.07, 6.45) is 6.46. The molecule has 0 fully saturated rings. The number of carbonyl (C=O) groups is 1. The first-order valence-corrected chi connectivity index (χ1v) is 10.7. The van der Waals surface area contributed by atoms with Gasteiger partial charge in [0.25, 0.3) is 0 Å². The number of hydrogen-bond donors (Lipinski definition) is 2. The Morgan fingerprint density at radius 3 is 2.76 bits per heavy atom. The molecule has 1 atom stereocenters. The fraction of sp³-hybridized carbons (Fsp3) is 0.250. The third-order valence-electron chi connectivity index (χ3n) is 5.40. The smallest absolute Gasteiger partial charge is 0.337 e. The highest BCUT2D eigenvalue weighted by Crippen LogP contribution is 2.36. The number of carboxylic acids is 1. The fourth-order valence-electron chi connectivity index (χ4n) is 3.86. The Balaban J connectivity index is 1.48. The van der Waals surface area contributed by atoms with Gasteiger partial charge in [0.15, 0.2) is 0 Å². The van der Waals surface area contributed by atoms with Crippen LogP contribution in [0, 0.1) is 6.92 Å². The zero-order valence-corrected chi connectivity index (χ0v) is 17.2. The lowest BCUT2D eigenvalue weighted by Gasteiger charge is -2.27. The van der Waals surface area contributed by atoms with Gasteiger partial charge in [0.2, 0.25) is 0 Å². The Kier molecular flexibility index (Phi) is 5.86. The lowest BCUT2D eigenvalue weighted by atomic mass is 9.83. The molecule has 2 N–H and O–H groups in total. The van der Waals surface area contributed by atoms with Crippen LogP contribution in [0.1, 0.15) is 45.8 Å². The minimum absolute atomic E-state index is 0.265. The molecule has 2 aromatic carbocycles. The van der Waals surface area contributed by atoms with Crippen molar-refractivity contribution in [2.45, 2.75) is 41.9 Å². The zero-order chi connectivity index (χ0) is 20.2. The molecule has 1 heterocycles. The fourth-order valence-corrected chi connectivity index (χ4v) is 4.75. The van der Waals surface area contributed by atoms with Crippen LogP contribution in [0.4, 0.5) is 5.69 Å². The molecule has 5 heteroatoms. The van der Waals surface area contributed by atoms with Gasteiger partial charge in [0.1, 0.15) is 0 Å². The molecule has 4 nitrogen and oxygen atoms in total. The number of aromatic nitrogens is 1. The summed E-state index contributed by atoms with van der Waals surface area (Å²) < 4.78 is 0. The number of anilines is 1. The summed E-state index contributed by atoms with van der Waals surface area (Å²) >= 11 is 1.80. The molecule has 1 aliphatic carbocycles. The molecule has 0 radical (unpaired) electrons. The number of benzene rings is 2. The highest BCUT2D eigenvalue weighted by Gasteiger charge is 2.21. The normalized spacial score (nSPS) is 15.6. The van der Waals surface area contributed by atoms with Gasteiger partial charge in [-0.25, -0.2) is 4.79 Å². The number of hydrogen-bond acceptors (Lipinski definition) is 4. The zero-order valence-electron chi connectivity index (χ0n) is 16.4. The maximum atomic E-state index is 11.4.